The number of nitrogens with one attached hydrogen (secondary N) is 2. The van der Waals surface area contributed by atoms with Crippen molar-refractivity contribution in [3.63, 3.8) is 0 Å². The van der Waals surface area contributed by atoms with Crippen LogP contribution in [0.5, 0.6) is 0 Å². The number of hydrogen-bond donors (Lipinski definition) is 4. The van der Waals surface area contributed by atoms with Crippen LogP contribution in [-0.2, 0) is 43.1 Å². The highest BCUT2D eigenvalue weighted by molar-refractivity contribution is 8.00. The first-order chi connectivity index (χ1) is 27.1. The molecule has 56 heavy (non-hydrogen) atoms. The van der Waals surface area contributed by atoms with Gasteiger partial charge in [-0.25, -0.2) is 0 Å². The number of unbranched alkanes of at least 4 members (excludes halogenated alkanes) is 13. The first kappa shape index (κ1) is 53.3. The molecule has 0 bridgehead atoms. The van der Waals surface area contributed by atoms with Crippen molar-refractivity contribution >= 4 is 64.6 Å². The second kappa shape index (κ2) is 39.2. The number of carbonyl (C=O) groups excluding carboxylic acids is 4. The van der Waals surface area contributed by atoms with E-state index in [9.17, 15) is 33.9 Å². The number of ketones is 2. The molecule has 16 heteroatoms. The van der Waals surface area contributed by atoms with Gasteiger partial charge in [0, 0.05) is 56.7 Å². The van der Waals surface area contributed by atoms with Crippen molar-refractivity contribution in [3.05, 3.63) is 0 Å². The van der Waals surface area contributed by atoms with E-state index in [-0.39, 0.29) is 95.1 Å². The maximum atomic E-state index is 12.4. The molecule has 4 N–H and O–H groups in total. The maximum Gasteiger partial charge on any atom is 0.306 e. The van der Waals surface area contributed by atoms with Gasteiger partial charge in [-0.15, -0.1) is 0 Å². The Bertz CT molecular complexity index is 1100. The summed E-state index contributed by atoms with van der Waals surface area (Å²) in [6, 6.07) is 0. The summed E-state index contributed by atoms with van der Waals surface area (Å²) in [6.07, 6.45) is 20.7. The highest BCUT2D eigenvalue weighted by Gasteiger charge is 2.22. The standard InChI is InChI=1S/C40H71N3O11S2/c1-55-31-34(32-56-2)43-54-30-38(47)41-23-17-19-36(45)29-53-27-26-52-25-24-42-37(46)22-21-33(40(50)51)28-35(44)18-15-13-11-9-7-5-3-4-6-8-10-12-14-16-20-39(48)49/h33H,3-32H2,1-2H3,(H,41,47)(H,42,46)(H,48,49)(H,50,51)/t33-/m1/s1. The molecule has 0 saturated heterocycles. The van der Waals surface area contributed by atoms with Crippen LogP contribution in [-0.4, -0.2) is 121 Å². The van der Waals surface area contributed by atoms with Crippen molar-refractivity contribution < 1.29 is 53.3 Å². The van der Waals surface area contributed by atoms with Crippen LogP contribution in [0.1, 0.15) is 135 Å². The molecular weight excluding hydrogens is 763 g/mol. The van der Waals surface area contributed by atoms with E-state index in [1.54, 1.807) is 23.5 Å². The van der Waals surface area contributed by atoms with E-state index in [2.05, 4.69) is 15.8 Å². The highest BCUT2D eigenvalue weighted by atomic mass is 32.2. The largest absolute Gasteiger partial charge is 0.481 e. The van der Waals surface area contributed by atoms with Gasteiger partial charge in [0.05, 0.1) is 31.5 Å². The second-order valence-electron chi connectivity index (χ2n) is 14.0. The fourth-order valence-corrected chi connectivity index (χ4v) is 6.82. The van der Waals surface area contributed by atoms with Gasteiger partial charge in [-0.3, -0.25) is 28.8 Å². The number of thioether (sulfide) groups is 2. The molecule has 0 spiro atoms. The predicted molar refractivity (Wildman–Crippen MR) is 224 cm³/mol. The molecule has 0 rings (SSSR count). The Morgan fingerprint density at radius 3 is 1.64 bits per heavy atom. The minimum absolute atomic E-state index is 0.00756. The maximum absolute atomic E-state index is 12.4. The second-order valence-corrected chi connectivity index (χ2v) is 15.7. The molecule has 1 atom stereocenters. The molecule has 0 aliphatic heterocycles. The predicted octanol–water partition coefficient (Wildman–Crippen LogP) is 6.47. The van der Waals surface area contributed by atoms with E-state index in [0.29, 0.717) is 19.4 Å². The summed E-state index contributed by atoms with van der Waals surface area (Å²) >= 11 is 3.27. The Balaban J connectivity index is 3.75. The average Bonchev–Trinajstić information content (AvgIpc) is 3.15. The van der Waals surface area contributed by atoms with Gasteiger partial charge in [0.25, 0.3) is 5.91 Å². The summed E-state index contributed by atoms with van der Waals surface area (Å²) in [7, 11) is 0. The lowest BCUT2D eigenvalue weighted by Gasteiger charge is -2.12. The van der Waals surface area contributed by atoms with Crippen LogP contribution in [0.2, 0.25) is 0 Å². The number of oxime groups is 1. The fourth-order valence-electron chi connectivity index (χ4n) is 5.72. The number of carboxylic acids is 2. The van der Waals surface area contributed by atoms with Crippen LogP contribution in [0.15, 0.2) is 5.16 Å². The lowest BCUT2D eigenvalue weighted by Crippen LogP contribution is -2.29. The molecule has 0 heterocycles. The first-order valence-electron chi connectivity index (χ1n) is 20.4. The normalized spacial score (nSPS) is 11.5. The number of carbonyl (C=O) groups is 6. The number of rotatable bonds is 42. The Morgan fingerprint density at radius 1 is 0.571 bits per heavy atom. The quantitative estimate of drug-likeness (QED) is 0.0296. The molecule has 2 amide bonds. The highest BCUT2D eigenvalue weighted by Crippen LogP contribution is 2.17. The van der Waals surface area contributed by atoms with Crippen molar-refractivity contribution in [3.8, 4) is 0 Å². The molecule has 0 aliphatic rings. The summed E-state index contributed by atoms with van der Waals surface area (Å²) in [4.78, 5) is 75.8. The minimum atomic E-state index is -1.07. The van der Waals surface area contributed by atoms with Crippen molar-refractivity contribution in [2.45, 2.75) is 135 Å². The molecule has 0 unspecified atom stereocenters. The molecule has 0 radical (unpaired) electrons. The monoisotopic (exact) mass is 833 g/mol. The number of Topliss-reactive ketones (excluding diaryl/α,β-unsaturated/α-hetero) is 2. The van der Waals surface area contributed by atoms with Crippen LogP contribution in [0.4, 0.5) is 0 Å². The van der Waals surface area contributed by atoms with Crippen molar-refractivity contribution in [2.24, 2.45) is 11.1 Å². The summed E-state index contributed by atoms with van der Waals surface area (Å²) in [5.74, 6) is -1.93. The smallest absolute Gasteiger partial charge is 0.306 e. The van der Waals surface area contributed by atoms with Crippen LogP contribution >= 0.6 is 23.5 Å². The van der Waals surface area contributed by atoms with Gasteiger partial charge in [0.2, 0.25) is 5.91 Å². The molecule has 0 saturated carbocycles. The SMILES string of the molecule is CSCC(CSC)=NOCC(=O)NCCCC(=O)COCCOCCNC(=O)CC[C@H](CC(=O)CCCCCCCCCCCCCCCCC(=O)O)C(=O)O. The van der Waals surface area contributed by atoms with E-state index < -0.39 is 17.9 Å². The van der Waals surface area contributed by atoms with Crippen molar-refractivity contribution in [1.29, 1.82) is 0 Å². The van der Waals surface area contributed by atoms with Crippen LogP contribution in [0.3, 0.4) is 0 Å². The van der Waals surface area contributed by atoms with Gasteiger partial charge in [0.15, 0.2) is 12.4 Å². The molecule has 14 nitrogen and oxygen atoms in total. The van der Waals surface area contributed by atoms with Gasteiger partial charge in [-0.2, -0.15) is 23.5 Å². The van der Waals surface area contributed by atoms with E-state index in [1.165, 1.54) is 44.9 Å². The summed E-state index contributed by atoms with van der Waals surface area (Å²) in [5.41, 5.74) is 0.879. The Labute approximate surface area is 343 Å². The van der Waals surface area contributed by atoms with E-state index in [1.807, 2.05) is 12.5 Å². The van der Waals surface area contributed by atoms with Gasteiger partial charge in [-0.05, 0) is 38.2 Å². The Kier molecular flexibility index (Phi) is 37.3. The number of amides is 2. The summed E-state index contributed by atoms with van der Waals surface area (Å²) in [5, 5.41) is 27.6. The third kappa shape index (κ3) is 36.9. The van der Waals surface area contributed by atoms with Gasteiger partial charge in [0.1, 0.15) is 12.4 Å². The fraction of sp³-hybridized carbons (Fsp3) is 0.825. The Hall–Kier alpha value is -2.69. The third-order valence-corrected chi connectivity index (χ3v) is 10.1. The van der Waals surface area contributed by atoms with Crippen LogP contribution < -0.4 is 10.6 Å². The number of ether oxygens (including phenoxy) is 2. The Morgan fingerprint density at radius 2 is 1.09 bits per heavy atom. The summed E-state index contributed by atoms with van der Waals surface area (Å²) < 4.78 is 10.8. The zero-order valence-corrected chi connectivity index (χ0v) is 35.8. The molecule has 0 aromatic heterocycles. The number of hydrogen-bond acceptors (Lipinski definition) is 12. The number of aliphatic carboxylic acids is 2. The van der Waals surface area contributed by atoms with Crippen LogP contribution in [0, 0.1) is 5.92 Å². The van der Waals surface area contributed by atoms with Gasteiger partial charge >= 0.3 is 11.9 Å². The van der Waals surface area contributed by atoms with Crippen LogP contribution in [0.25, 0.3) is 0 Å². The molecular formula is C40H71N3O11S2. The van der Waals surface area contributed by atoms with E-state index >= 15 is 0 Å². The summed E-state index contributed by atoms with van der Waals surface area (Å²) in [6.45, 7) is 1.03. The topological polar surface area (TPSA) is 207 Å². The molecule has 0 aromatic carbocycles. The molecule has 0 aromatic rings. The number of carboxylic acid groups (broad SMARTS) is 2. The zero-order valence-electron chi connectivity index (χ0n) is 34.1. The lowest BCUT2D eigenvalue weighted by molar-refractivity contribution is -0.144. The first-order valence-corrected chi connectivity index (χ1v) is 23.2. The lowest BCUT2D eigenvalue weighted by atomic mass is 9.94. The average molecular weight is 834 g/mol. The van der Waals surface area contributed by atoms with Gasteiger partial charge in [-0.1, -0.05) is 82.2 Å². The molecule has 0 aliphatic carbocycles. The van der Waals surface area contributed by atoms with Crippen molar-refractivity contribution in [1.82, 2.24) is 10.6 Å². The molecule has 324 valence electrons. The minimum Gasteiger partial charge on any atom is -0.481 e. The number of nitrogens with zero attached hydrogens (tertiary/aromatic N) is 1. The van der Waals surface area contributed by atoms with Gasteiger partial charge < -0.3 is 35.2 Å². The van der Waals surface area contributed by atoms with E-state index in [0.717, 1.165) is 62.2 Å². The zero-order chi connectivity index (χ0) is 41.5. The van der Waals surface area contributed by atoms with Crippen molar-refractivity contribution in [2.75, 3.05) is 70.1 Å². The molecule has 0 fully saturated rings. The third-order valence-electron chi connectivity index (χ3n) is 8.81. The van der Waals surface area contributed by atoms with E-state index in [4.69, 9.17) is 19.4 Å².